The molecule has 0 amide bonds. The first-order valence-corrected chi connectivity index (χ1v) is 6.51. The summed E-state index contributed by atoms with van der Waals surface area (Å²) in [6.45, 7) is 0. The van der Waals surface area contributed by atoms with Crippen molar-refractivity contribution in [2.24, 2.45) is 0 Å². The molecule has 94 valence electrons. The van der Waals surface area contributed by atoms with Gasteiger partial charge in [-0.25, -0.2) is 0 Å². The van der Waals surface area contributed by atoms with E-state index in [0.717, 1.165) is 12.8 Å². The molecule has 0 atom stereocenters. The Morgan fingerprint density at radius 2 is 1.32 bits per heavy atom. The van der Waals surface area contributed by atoms with E-state index in [1.165, 1.54) is 22.4 Å². The van der Waals surface area contributed by atoms with Gasteiger partial charge in [0.2, 0.25) is 0 Å². The average molecular weight is 248 g/mol. The van der Waals surface area contributed by atoms with Crippen LogP contribution in [0.2, 0.25) is 0 Å². The first-order chi connectivity index (χ1) is 9.42. The zero-order valence-electron chi connectivity index (χ0n) is 10.7. The van der Waals surface area contributed by atoms with Gasteiger partial charge in [0.25, 0.3) is 0 Å². The zero-order valence-corrected chi connectivity index (χ0v) is 10.7. The highest BCUT2D eigenvalue weighted by molar-refractivity contribution is 5.30. The van der Waals surface area contributed by atoms with Gasteiger partial charge in [-0.2, -0.15) is 5.10 Å². The fourth-order valence-electron chi connectivity index (χ4n) is 2.26. The zero-order chi connectivity index (χ0) is 12.9. The second-order valence-electron chi connectivity index (χ2n) is 4.70. The minimum Gasteiger partial charge on any atom is -0.282 e. The summed E-state index contributed by atoms with van der Waals surface area (Å²) in [6.07, 6.45) is 3.77. The molecule has 2 nitrogen and oxygen atoms in total. The Kier molecular flexibility index (Phi) is 3.41. The smallest absolute Gasteiger partial charge is 0.0525 e. The van der Waals surface area contributed by atoms with E-state index in [4.69, 9.17) is 0 Å². The molecule has 0 fully saturated rings. The molecule has 19 heavy (non-hydrogen) atoms. The van der Waals surface area contributed by atoms with Crippen molar-refractivity contribution in [3.8, 4) is 0 Å². The highest BCUT2D eigenvalue weighted by Gasteiger charge is 2.06. The molecule has 0 saturated heterocycles. The van der Waals surface area contributed by atoms with Gasteiger partial charge in [0, 0.05) is 18.5 Å². The highest BCUT2D eigenvalue weighted by Crippen LogP contribution is 2.15. The van der Waals surface area contributed by atoms with Crippen molar-refractivity contribution in [3.63, 3.8) is 0 Å². The summed E-state index contributed by atoms with van der Waals surface area (Å²) in [5.74, 6) is 0. The van der Waals surface area contributed by atoms with Gasteiger partial charge in [0.1, 0.15) is 0 Å². The quantitative estimate of drug-likeness (QED) is 0.751. The van der Waals surface area contributed by atoms with Crippen molar-refractivity contribution >= 4 is 0 Å². The van der Waals surface area contributed by atoms with E-state index in [9.17, 15) is 0 Å². The molecule has 0 unspecified atom stereocenters. The Bertz CT molecular complexity index is 571. The molecule has 0 spiro atoms. The number of benzene rings is 2. The molecule has 1 N–H and O–H groups in total. The standard InChI is InChI=1S/C17H16N2/c1-3-7-14(8-4-1)11-16-13-18-19-17(16)12-15-9-5-2-6-10-15/h1-10,13H,11-12H2,(H,18,19). The van der Waals surface area contributed by atoms with Crippen molar-refractivity contribution in [3.05, 3.63) is 89.2 Å². The number of aromatic amines is 1. The van der Waals surface area contributed by atoms with Crippen LogP contribution < -0.4 is 0 Å². The number of nitrogens with zero attached hydrogens (tertiary/aromatic N) is 1. The predicted molar refractivity (Wildman–Crippen MR) is 77.1 cm³/mol. The summed E-state index contributed by atoms with van der Waals surface area (Å²) < 4.78 is 0. The van der Waals surface area contributed by atoms with Crippen LogP contribution in [0, 0.1) is 0 Å². The number of nitrogens with one attached hydrogen (secondary N) is 1. The first kappa shape index (κ1) is 11.7. The minimum atomic E-state index is 0.906. The predicted octanol–water partition coefficient (Wildman–Crippen LogP) is 3.59. The van der Waals surface area contributed by atoms with Crippen LogP contribution in [0.4, 0.5) is 0 Å². The Labute approximate surface area is 113 Å². The van der Waals surface area contributed by atoms with Crippen LogP contribution in [-0.2, 0) is 12.8 Å². The topological polar surface area (TPSA) is 28.7 Å². The molecule has 2 aromatic carbocycles. The largest absolute Gasteiger partial charge is 0.282 e. The molecule has 0 aliphatic carbocycles. The minimum absolute atomic E-state index is 0.906. The van der Waals surface area contributed by atoms with Gasteiger partial charge in [0.05, 0.1) is 6.20 Å². The number of H-pyrrole nitrogens is 1. The van der Waals surface area contributed by atoms with Crippen molar-refractivity contribution in [1.82, 2.24) is 10.2 Å². The van der Waals surface area contributed by atoms with Crippen LogP contribution in [0.5, 0.6) is 0 Å². The third kappa shape index (κ3) is 2.91. The molecule has 1 heterocycles. The van der Waals surface area contributed by atoms with Gasteiger partial charge in [-0.15, -0.1) is 0 Å². The number of hydrogen-bond donors (Lipinski definition) is 1. The van der Waals surface area contributed by atoms with Crippen LogP contribution in [0.1, 0.15) is 22.4 Å². The maximum absolute atomic E-state index is 4.19. The van der Waals surface area contributed by atoms with E-state index >= 15 is 0 Å². The van der Waals surface area contributed by atoms with Crippen LogP contribution in [0.3, 0.4) is 0 Å². The van der Waals surface area contributed by atoms with E-state index in [-0.39, 0.29) is 0 Å². The summed E-state index contributed by atoms with van der Waals surface area (Å²) in [6, 6.07) is 21.0. The Morgan fingerprint density at radius 3 is 1.95 bits per heavy atom. The molecular weight excluding hydrogens is 232 g/mol. The second kappa shape index (κ2) is 5.53. The Morgan fingerprint density at radius 1 is 0.737 bits per heavy atom. The summed E-state index contributed by atoms with van der Waals surface area (Å²) in [5.41, 5.74) is 5.10. The third-order valence-corrected chi connectivity index (χ3v) is 3.27. The lowest BCUT2D eigenvalue weighted by Gasteiger charge is -2.04. The fraction of sp³-hybridized carbons (Fsp3) is 0.118. The maximum Gasteiger partial charge on any atom is 0.0525 e. The lowest BCUT2D eigenvalue weighted by molar-refractivity contribution is 0.984. The second-order valence-corrected chi connectivity index (χ2v) is 4.70. The molecule has 0 bridgehead atoms. The summed E-state index contributed by atoms with van der Waals surface area (Å²) in [7, 11) is 0. The number of hydrogen-bond acceptors (Lipinski definition) is 1. The van der Waals surface area contributed by atoms with E-state index < -0.39 is 0 Å². The van der Waals surface area contributed by atoms with Crippen molar-refractivity contribution < 1.29 is 0 Å². The molecule has 3 aromatic rings. The highest BCUT2D eigenvalue weighted by atomic mass is 15.1. The monoisotopic (exact) mass is 248 g/mol. The van der Waals surface area contributed by atoms with E-state index in [1.807, 2.05) is 18.3 Å². The maximum atomic E-state index is 4.19. The van der Waals surface area contributed by atoms with Gasteiger partial charge in [-0.3, -0.25) is 5.10 Å². The van der Waals surface area contributed by atoms with E-state index in [2.05, 4.69) is 58.7 Å². The number of aromatic nitrogens is 2. The first-order valence-electron chi connectivity index (χ1n) is 6.51. The molecule has 1 aromatic heterocycles. The Hall–Kier alpha value is -2.35. The number of rotatable bonds is 4. The van der Waals surface area contributed by atoms with Gasteiger partial charge in [0.15, 0.2) is 0 Å². The lowest BCUT2D eigenvalue weighted by Crippen LogP contribution is -1.95. The van der Waals surface area contributed by atoms with Crippen molar-refractivity contribution in [2.45, 2.75) is 12.8 Å². The summed E-state index contributed by atoms with van der Waals surface area (Å²) in [4.78, 5) is 0. The normalized spacial score (nSPS) is 10.5. The van der Waals surface area contributed by atoms with Crippen LogP contribution in [0.25, 0.3) is 0 Å². The van der Waals surface area contributed by atoms with Gasteiger partial charge in [-0.05, 0) is 16.7 Å². The van der Waals surface area contributed by atoms with Crippen LogP contribution in [-0.4, -0.2) is 10.2 Å². The molecular formula is C17H16N2. The molecule has 0 radical (unpaired) electrons. The van der Waals surface area contributed by atoms with E-state index in [0.29, 0.717) is 0 Å². The average Bonchev–Trinajstić information content (AvgIpc) is 2.88. The van der Waals surface area contributed by atoms with Crippen molar-refractivity contribution in [2.75, 3.05) is 0 Å². The van der Waals surface area contributed by atoms with Gasteiger partial charge in [-0.1, -0.05) is 60.7 Å². The SMILES string of the molecule is c1ccc(Cc2cn[nH]c2Cc2ccccc2)cc1. The van der Waals surface area contributed by atoms with E-state index in [1.54, 1.807) is 0 Å². The molecule has 0 aliphatic rings. The Balaban J connectivity index is 1.79. The van der Waals surface area contributed by atoms with Crippen LogP contribution in [0.15, 0.2) is 66.9 Å². The molecule has 0 aliphatic heterocycles. The fourth-order valence-corrected chi connectivity index (χ4v) is 2.26. The summed E-state index contributed by atoms with van der Waals surface area (Å²) >= 11 is 0. The van der Waals surface area contributed by atoms with Crippen LogP contribution >= 0.6 is 0 Å². The third-order valence-electron chi connectivity index (χ3n) is 3.27. The van der Waals surface area contributed by atoms with Crippen molar-refractivity contribution in [1.29, 1.82) is 0 Å². The molecule has 2 heteroatoms. The molecule has 3 rings (SSSR count). The lowest BCUT2D eigenvalue weighted by atomic mass is 10.0. The van der Waals surface area contributed by atoms with Gasteiger partial charge < -0.3 is 0 Å². The van der Waals surface area contributed by atoms with Gasteiger partial charge >= 0.3 is 0 Å². The summed E-state index contributed by atoms with van der Waals surface area (Å²) in [5, 5.41) is 7.31. The molecule has 0 saturated carbocycles.